The Morgan fingerprint density at radius 3 is 2.43 bits per heavy atom. The van der Waals surface area contributed by atoms with Crippen LogP contribution >= 0.6 is 0 Å². The Bertz CT molecular complexity index is 994. The first-order valence-corrected chi connectivity index (χ1v) is 12.4. The third-order valence-electron chi connectivity index (χ3n) is 5.98. The van der Waals surface area contributed by atoms with Gasteiger partial charge in [0, 0.05) is 6.42 Å². The molecule has 0 radical (unpaired) electrons. The molecular weight excluding hydrogens is 484 g/mol. The normalized spacial score (nSPS) is 24.1. The summed E-state index contributed by atoms with van der Waals surface area (Å²) in [6.45, 7) is 8.61. The molecule has 1 saturated heterocycles. The van der Waals surface area contributed by atoms with Crippen molar-refractivity contribution in [1.82, 2.24) is 5.32 Å². The van der Waals surface area contributed by atoms with Gasteiger partial charge < -0.3 is 30.0 Å². The largest absolute Gasteiger partial charge is 0.505 e. The number of nitrogens with one attached hydrogen (secondary N) is 2. The summed E-state index contributed by atoms with van der Waals surface area (Å²) in [4.78, 5) is 62.5. The van der Waals surface area contributed by atoms with Crippen LogP contribution < -0.4 is 10.6 Å². The lowest BCUT2D eigenvalue weighted by atomic mass is 9.92. The molecule has 1 heterocycles. The minimum atomic E-state index is -1.42. The van der Waals surface area contributed by atoms with E-state index in [9.17, 15) is 29.1 Å². The highest BCUT2D eigenvalue weighted by Crippen LogP contribution is 2.29. The number of ether oxygens (including phenoxy) is 3. The number of carbonyl (C=O) groups excluding carboxylic acids is 5. The Morgan fingerprint density at radius 2 is 1.81 bits per heavy atom. The van der Waals surface area contributed by atoms with Crippen LogP contribution in [-0.4, -0.2) is 59.7 Å². The van der Waals surface area contributed by atoms with Crippen molar-refractivity contribution in [2.75, 3.05) is 5.32 Å². The number of para-hydroxylation sites is 1. The van der Waals surface area contributed by atoms with Crippen LogP contribution in [0.15, 0.2) is 18.2 Å². The van der Waals surface area contributed by atoms with Crippen molar-refractivity contribution in [3.05, 3.63) is 23.8 Å². The zero-order valence-corrected chi connectivity index (χ0v) is 21.8. The van der Waals surface area contributed by atoms with Crippen LogP contribution in [0.1, 0.15) is 70.7 Å². The van der Waals surface area contributed by atoms with Gasteiger partial charge in [0.25, 0.3) is 5.91 Å². The molecule has 0 aromatic heterocycles. The van der Waals surface area contributed by atoms with Gasteiger partial charge in [-0.25, -0.2) is 4.79 Å². The van der Waals surface area contributed by atoms with Crippen LogP contribution in [0.2, 0.25) is 0 Å². The van der Waals surface area contributed by atoms with Crippen molar-refractivity contribution in [3.8, 4) is 5.75 Å². The van der Waals surface area contributed by atoms with E-state index in [0.29, 0.717) is 19.3 Å². The van der Waals surface area contributed by atoms with E-state index in [1.54, 1.807) is 0 Å². The van der Waals surface area contributed by atoms with Gasteiger partial charge in [0.1, 0.15) is 12.2 Å². The fourth-order valence-corrected chi connectivity index (χ4v) is 4.03. The molecule has 0 bridgehead atoms. The van der Waals surface area contributed by atoms with Gasteiger partial charge >= 0.3 is 17.9 Å². The van der Waals surface area contributed by atoms with E-state index in [4.69, 9.17) is 14.2 Å². The number of phenols is 1. The monoisotopic (exact) mass is 520 g/mol. The Labute approximate surface area is 216 Å². The number of amides is 2. The van der Waals surface area contributed by atoms with E-state index >= 15 is 0 Å². The Balaban J connectivity index is 2.34. The molecule has 0 unspecified atom stereocenters. The average Bonchev–Trinajstić information content (AvgIpc) is 2.84. The molecule has 1 aliphatic rings. The van der Waals surface area contributed by atoms with E-state index in [-0.39, 0.29) is 23.6 Å². The van der Waals surface area contributed by atoms with Crippen LogP contribution in [0, 0.1) is 11.8 Å². The quantitative estimate of drug-likeness (QED) is 0.183. The second-order valence-corrected chi connectivity index (χ2v) is 9.50. The zero-order chi connectivity index (χ0) is 27.7. The number of rotatable bonds is 10. The number of phenolic OH excluding ortho intramolecular Hbond substituents is 1. The van der Waals surface area contributed by atoms with E-state index in [1.807, 2.05) is 20.8 Å². The number of hydrogen-bond acceptors (Lipinski definition) is 9. The molecule has 0 aliphatic carbocycles. The maximum atomic E-state index is 13.2. The lowest BCUT2D eigenvalue weighted by Gasteiger charge is -2.29. The molecule has 37 heavy (non-hydrogen) atoms. The molecule has 1 aromatic rings. The van der Waals surface area contributed by atoms with Crippen LogP contribution in [0.5, 0.6) is 5.75 Å². The number of anilines is 1. The van der Waals surface area contributed by atoms with Gasteiger partial charge in [-0.3, -0.25) is 19.2 Å². The molecule has 204 valence electrons. The predicted molar refractivity (Wildman–Crippen MR) is 133 cm³/mol. The number of carbonyl (C=O) groups is 5. The molecule has 2 rings (SSSR count). The lowest BCUT2D eigenvalue weighted by molar-refractivity contribution is -0.175. The van der Waals surface area contributed by atoms with Crippen LogP contribution in [0.25, 0.3) is 0 Å². The SMILES string of the molecule is CCCC[C@H]1C(=O)O[C@@H](C)[C@@H](NC(=O)c2cccc(NC=O)c2O)C(=O)O[C@@H](C)[C@H]1OC(=O)CC(C)C. The fourth-order valence-electron chi connectivity index (χ4n) is 4.03. The van der Waals surface area contributed by atoms with Gasteiger partial charge in [0.05, 0.1) is 17.2 Å². The molecule has 5 atom stereocenters. The van der Waals surface area contributed by atoms with Crippen molar-refractivity contribution in [2.24, 2.45) is 11.8 Å². The highest BCUT2D eigenvalue weighted by molar-refractivity contribution is 6.01. The summed E-state index contributed by atoms with van der Waals surface area (Å²) in [5, 5.41) is 15.1. The molecule has 1 aliphatic heterocycles. The minimum Gasteiger partial charge on any atom is -0.505 e. The molecule has 1 aromatic carbocycles. The minimum absolute atomic E-state index is 0.00221. The topological polar surface area (TPSA) is 157 Å². The van der Waals surface area contributed by atoms with Crippen molar-refractivity contribution in [1.29, 1.82) is 0 Å². The van der Waals surface area contributed by atoms with Crippen LogP contribution in [0.4, 0.5) is 5.69 Å². The lowest BCUT2D eigenvalue weighted by Crippen LogP contribution is -2.50. The number of cyclic esters (lactones) is 2. The van der Waals surface area contributed by atoms with E-state index in [1.165, 1.54) is 32.0 Å². The highest BCUT2D eigenvalue weighted by Gasteiger charge is 2.43. The second kappa shape index (κ2) is 13.6. The number of esters is 3. The zero-order valence-electron chi connectivity index (χ0n) is 21.8. The van der Waals surface area contributed by atoms with Gasteiger partial charge in [-0.1, -0.05) is 39.7 Å². The Hall–Kier alpha value is -3.63. The average molecular weight is 521 g/mol. The molecule has 1 fully saturated rings. The first kappa shape index (κ1) is 29.6. The Morgan fingerprint density at radius 1 is 1.14 bits per heavy atom. The van der Waals surface area contributed by atoms with Crippen molar-refractivity contribution < 1.29 is 43.3 Å². The maximum Gasteiger partial charge on any atom is 0.332 e. The molecule has 2 amide bonds. The second-order valence-electron chi connectivity index (χ2n) is 9.50. The molecule has 11 heteroatoms. The number of hydrogen-bond donors (Lipinski definition) is 3. The first-order chi connectivity index (χ1) is 17.5. The van der Waals surface area contributed by atoms with Crippen molar-refractivity contribution in [3.63, 3.8) is 0 Å². The third-order valence-corrected chi connectivity index (χ3v) is 5.98. The van der Waals surface area contributed by atoms with Crippen molar-refractivity contribution >= 4 is 35.9 Å². The van der Waals surface area contributed by atoms with E-state index < -0.39 is 59.8 Å². The third kappa shape index (κ3) is 7.93. The highest BCUT2D eigenvalue weighted by atomic mass is 16.6. The van der Waals surface area contributed by atoms with Crippen molar-refractivity contribution in [2.45, 2.75) is 84.7 Å². The van der Waals surface area contributed by atoms with E-state index in [0.717, 1.165) is 6.42 Å². The number of aromatic hydroxyl groups is 1. The summed E-state index contributed by atoms with van der Waals surface area (Å²) < 4.78 is 16.8. The summed E-state index contributed by atoms with van der Waals surface area (Å²) in [6.07, 6.45) is -0.952. The number of benzene rings is 1. The first-order valence-electron chi connectivity index (χ1n) is 12.4. The van der Waals surface area contributed by atoms with Gasteiger partial charge in [-0.2, -0.15) is 0 Å². The summed E-state index contributed by atoms with van der Waals surface area (Å²) in [7, 11) is 0. The predicted octanol–water partition coefficient (Wildman–Crippen LogP) is 2.70. The van der Waals surface area contributed by atoms with Crippen LogP contribution in [-0.2, 0) is 33.4 Å². The van der Waals surface area contributed by atoms with Gasteiger partial charge in [-0.15, -0.1) is 0 Å². The van der Waals surface area contributed by atoms with Gasteiger partial charge in [0.2, 0.25) is 6.41 Å². The maximum absolute atomic E-state index is 13.2. The Kier molecular flexibility index (Phi) is 10.9. The fraction of sp³-hybridized carbons (Fsp3) is 0.577. The summed E-state index contributed by atoms with van der Waals surface area (Å²) >= 11 is 0. The van der Waals surface area contributed by atoms with Crippen LogP contribution in [0.3, 0.4) is 0 Å². The molecule has 11 nitrogen and oxygen atoms in total. The standard InChI is InChI=1S/C26H36N2O9/c1-6-7-9-18-23(37-20(30)12-14(2)3)16(5)36-26(34)21(15(4)35-25(18)33)28-24(32)17-10-8-11-19(22(17)31)27-13-29/h8,10-11,13-16,18,21,23,31H,6-7,9,12H2,1-5H3,(H,27,29)(H,28,32)/t15-,16-,18+,21+,23+/m0/s1. The summed E-state index contributed by atoms with van der Waals surface area (Å²) in [5.41, 5.74) is -0.218. The molecular formula is C26H36N2O9. The van der Waals surface area contributed by atoms with E-state index in [2.05, 4.69) is 10.6 Å². The molecule has 0 spiro atoms. The smallest absolute Gasteiger partial charge is 0.332 e. The number of unbranched alkanes of at least 4 members (excludes halogenated alkanes) is 1. The molecule has 3 N–H and O–H groups in total. The molecule has 0 saturated carbocycles. The van der Waals surface area contributed by atoms with Gasteiger partial charge in [0.15, 0.2) is 17.9 Å². The summed E-state index contributed by atoms with van der Waals surface area (Å²) in [6, 6.07) is 2.70. The van der Waals surface area contributed by atoms with Gasteiger partial charge in [-0.05, 0) is 38.3 Å². The summed E-state index contributed by atoms with van der Waals surface area (Å²) in [5.74, 6) is -4.29.